The van der Waals surface area contributed by atoms with Crippen LogP contribution in [-0.4, -0.2) is 21.2 Å². The Morgan fingerprint density at radius 1 is 1.69 bits per heavy atom. The molecule has 0 radical (unpaired) electrons. The van der Waals surface area contributed by atoms with Crippen LogP contribution in [0.15, 0.2) is 18.5 Å². The van der Waals surface area contributed by atoms with Gasteiger partial charge in [0.1, 0.15) is 0 Å². The molecule has 0 saturated carbocycles. The molecule has 2 N–H and O–H groups in total. The molecule has 0 amide bonds. The minimum atomic E-state index is -1.08. The quantitative estimate of drug-likeness (QED) is 0.772. The lowest BCUT2D eigenvalue weighted by Gasteiger charge is -2.08. The summed E-state index contributed by atoms with van der Waals surface area (Å²) in [6.07, 6.45) is 1.38. The molecule has 1 heterocycles. The summed E-state index contributed by atoms with van der Waals surface area (Å²) in [5, 5.41) is 18.1. The molecule has 0 unspecified atom stereocenters. The van der Waals surface area contributed by atoms with Crippen LogP contribution in [-0.2, 0) is 4.79 Å². The van der Waals surface area contributed by atoms with Crippen LogP contribution in [0.3, 0.4) is 0 Å². The highest BCUT2D eigenvalue weighted by Crippen LogP contribution is 2.23. The minimum Gasteiger partial charge on any atom is -0.481 e. The van der Waals surface area contributed by atoms with Gasteiger partial charge < -0.3 is 10.2 Å². The fraction of sp³-hybridized carbons (Fsp3) is 0.250. The van der Waals surface area contributed by atoms with Gasteiger partial charge in [0, 0.05) is 18.0 Å². The second-order valence-electron chi connectivity index (χ2n) is 2.51. The number of carboxylic acids is 1. The van der Waals surface area contributed by atoms with Gasteiger partial charge in [-0.3, -0.25) is 9.78 Å². The van der Waals surface area contributed by atoms with Crippen LogP contribution >= 0.6 is 11.6 Å². The minimum absolute atomic E-state index is 0.274. The normalized spacial score (nSPS) is 12.5. The van der Waals surface area contributed by atoms with Gasteiger partial charge in [-0.25, -0.2) is 0 Å². The topological polar surface area (TPSA) is 70.4 Å². The van der Waals surface area contributed by atoms with Crippen molar-refractivity contribution in [1.29, 1.82) is 0 Å². The monoisotopic (exact) mass is 201 g/mol. The van der Waals surface area contributed by atoms with Gasteiger partial charge >= 0.3 is 5.97 Å². The predicted molar refractivity (Wildman–Crippen MR) is 46.5 cm³/mol. The van der Waals surface area contributed by atoms with E-state index in [0.29, 0.717) is 5.56 Å². The van der Waals surface area contributed by atoms with Crippen molar-refractivity contribution in [1.82, 2.24) is 4.98 Å². The maximum absolute atomic E-state index is 10.3. The van der Waals surface area contributed by atoms with Crippen LogP contribution in [0.4, 0.5) is 0 Å². The molecule has 70 valence electrons. The number of hydrogen-bond donors (Lipinski definition) is 2. The zero-order valence-corrected chi connectivity index (χ0v) is 7.40. The molecule has 1 aromatic rings. The van der Waals surface area contributed by atoms with E-state index in [1.165, 1.54) is 18.5 Å². The Morgan fingerprint density at radius 2 is 2.38 bits per heavy atom. The zero-order valence-electron chi connectivity index (χ0n) is 6.64. The van der Waals surface area contributed by atoms with Crippen LogP contribution in [0, 0.1) is 0 Å². The Kier molecular flexibility index (Phi) is 3.22. The van der Waals surface area contributed by atoms with Crippen molar-refractivity contribution in [3.05, 3.63) is 29.0 Å². The molecule has 5 heteroatoms. The lowest BCUT2D eigenvalue weighted by atomic mass is 10.1. The van der Waals surface area contributed by atoms with Crippen molar-refractivity contribution < 1.29 is 15.0 Å². The lowest BCUT2D eigenvalue weighted by molar-refractivity contribution is -0.139. The molecule has 0 aliphatic carbocycles. The van der Waals surface area contributed by atoms with E-state index in [9.17, 15) is 9.90 Å². The van der Waals surface area contributed by atoms with Crippen molar-refractivity contribution in [3.63, 3.8) is 0 Å². The van der Waals surface area contributed by atoms with Crippen molar-refractivity contribution in [2.75, 3.05) is 0 Å². The van der Waals surface area contributed by atoms with Gasteiger partial charge in [-0.05, 0) is 6.07 Å². The predicted octanol–water partition coefficient (Wildman–Crippen LogP) is 1.24. The molecule has 0 fully saturated rings. The van der Waals surface area contributed by atoms with Gasteiger partial charge in [-0.15, -0.1) is 0 Å². The third-order valence-corrected chi connectivity index (χ3v) is 1.85. The van der Waals surface area contributed by atoms with E-state index >= 15 is 0 Å². The highest BCUT2D eigenvalue weighted by atomic mass is 35.5. The summed E-state index contributed by atoms with van der Waals surface area (Å²) in [7, 11) is 0. The fourth-order valence-electron chi connectivity index (χ4n) is 0.932. The Labute approximate surface area is 79.8 Å². The summed E-state index contributed by atoms with van der Waals surface area (Å²) in [6, 6.07) is 1.50. The Bertz CT molecular complexity index is 316. The molecule has 1 rings (SSSR count). The van der Waals surface area contributed by atoms with Crippen molar-refractivity contribution >= 4 is 17.6 Å². The van der Waals surface area contributed by atoms with Crippen LogP contribution in [0.2, 0.25) is 5.02 Å². The van der Waals surface area contributed by atoms with Gasteiger partial charge in [0.05, 0.1) is 17.5 Å². The number of carboxylic acid groups (broad SMARTS) is 1. The number of aliphatic carboxylic acids is 1. The number of aliphatic hydroxyl groups is 1. The van der Waals surface area contributed by atoms with E-state index in [1.807, 2.05) is 0 Å². The smallest absolute Gasteiger partial charge is 0.306 e. The van der Waals surface area contributed by atoms with Gasteiger partial charge in [0.15, 0.2) is 0 Å². The third-order valence-electron chi connectivity index (χ3n) is 1.53. The second-order valence-corrected chi connectivity index (χ2v) is 2.92. The number of pyridine rings is 1. The SMILES string of the molecule is O=C(O)C[C@H](O)c1ccncc1Cl. The molecule has 0 aromatic carbocycles. The molecule has 13 heavy (non-hydrogen) atoms. The van der Waals surface area contributed by atoms with E-state index in [0.717, 1.165) is 0 Å². The molecule has 1 atom stereocenters. The molecule has 0 saturated heterocycles. The van der Waals surface area contributed by atoms with Crippen LogP contribution in [0.5, 0.6) is 0 Å². The van der Waals surface area contributed by atoms with E-state index in [4.69, 9.17) is 16.7 Å². The van der Waals surface area contributed by atoms with E-state index in [-0.39, 0.29) is 11.4 Å². The largest absolute Gasteiger partial charge is 0.481 e. The Hall–Kier alpha value is -1.13. The van der Waals surface area contributed by atoms with Crippen LogP contribution in [0.25, 0.3) is 0 Å². The molecule has 1 aromatic heterocycles. The van der Waals surface area contributed by atoms with Gasteiger partial charge in [-0.2, -0.15) is 0 Å². The highest BCUT2D eigenvalue weighted by Gasteiger charge is 2.14. The number of halogens is 1. The summed E-state index contributed by atoms with van der Waals surface area (Å²) in [6.45, 7) is 0. The first-order valence-electron chi connectivity index (χ1n) is 3.60. The number of aliphatic hydroxyl groups excluding tert-OH is 1. The molecule has 0 spiro atoms. The summed E-state index contributed by atoms with van der Waals surface area (Å²) in [5.74, 6) is -1.07. The Balaban J connectivity index is 2.82. The standard InChI is InChI=1S/C8H8ClNO3/c9-6-4-10-2-1-5(6)7(11)3-8(12)13/h1-2,4,7,11H,3H2,(H,12,13)/t7-/m0/s1. The third kappa shape index (κ3) is 2.68. The maximum Gasteiger partial charge on any atom is 0.306 e. The average Bonchev–Trinajstić information content (AvgIpc) is 2.03. The van der Waals surface area contributed by atoms with Crippen molar-refractivity contribution in [2.45, 2.75) is 12.5 Å². The summed E-state index contributed by atoms with van der Waals surface area (Å²) < 4.78 is 0. The summed E-state index contributed by atoms with van der Waals surface area (Å²) in [4.78, 5) is 14.0. The first kappa shape index (κ1) is 9.95. The van der Waals surface area contributed by atoms with Gasteiger partial charge in [0.25, 0.3) is 0 Å². The first-order valence-corrected chi connectivity index (χ1v) is 3.98. The average molecular weight is 202 g/mol. The molecule has 0 aliphatic rings. The molecule has 0 bridgehead atoms. The highest BCUT2D eigenvalue weighted by molar-refractivity contribution is 6.31. The van der Waals surface area contributed by atoms with E-state index in [1.54, 1.807) is 0 Å². The van der Waals surface area contributed by atoms with Gasteiger partial charge in [-0.1, -0.05) is 11.6 Å². The number of nitrogens with zero attached hydrogens (tertiary/aromatic N) is 1. The van der Waals surface area contributed by atoms with Crippen LogP contribution in [0.1, 0.15) is 18.1 Å². The number of carbonyl (C=O) groups is 1. The summed E-state index contributed by atoms with van der Waals surface area (Å²) in [5.41, 5.74) is 0.388. The van der Waals surface area contributed by atoms with Crippen LogP contribution < -0.4 is 0 Å². The molecule has 0 aliphatic heterocycles. The zero-order chi connectivity index (χ0) is 9.84. The van der Waals surface area contributed by atoms with Crippen molar-refractivity contribution in [3.8, 4) is 0 Å². The lowest BCUT2D eigenvalue weighted by Crippen LogP contribution is -2.05. The van der Waals surface area contributed by atoms with Crippen molar-refractivity contribution in [2.24, 2.45) is 0 Å². The number of hydrogen-bond acceptors (Lipinski definition) is 3. The Morgan fingerprint density at radius 3 is 2.92 bits per heavy atom. The second kappa shape index (κ2) is 4.20. The molecular weight excluding hydrogens is 194 g/mol. The molecule has 4 nitrogen and oxygen atoms in total. The van der Waals surface area contributed by atoms with E-state index in [2.05, 4.69) is 4.98 Å². The number of aromatic nitrogens is 1. The maximum atomic E-state index is 10.3. The fourth-order valence-corrected chi connectivity index (χ4v) is 1.18. The molecular formula is C8H8ClNO3. The van der Waals surface area contributed by atoms with E-state index < -0.39 is 12.1 Å². The number of rotatable bonds is 3. The van der Waals surface area contributed by atoms with Gasteiger partial charge in [0.2, 0.25) is 0 Å². The summed E-state index contributed by atoms with van der Waals surface area (Å²) >= 11 is 5.69. The first-order chi connectivity index (χ1) is 6.11.